The number of aromatic nitrogens is 2. The number of para-hydroxylation sites is 1. The highest BCUT2D eigenvalue weighted by Crippen LogP contribution is 2.37. The molecule has 28 heavy (non-hydrogen) atoms. The van der Waals surface area contributed by atoms with E-state index in [1.54, 1.807) is 14.2 Å². The lowest BCUT2D eigenvalue weighted by molar-refractivity contribution is 0.242. The van der Waals surface area contributed by atoms with Gasteiger partial charge in [-0.3, -0.25) is 4.90 Å². The smallest absolute Gasteiger partial charge is 0.324 e. The van der Waals surface area contributed by atoms with Gasteiger partial charge in [-0.25, -0.2) is 0 Å². The lowest BCUT2D eigenvalue weighted by atomic mass is 10.1. The molecule has 1 aliphatic heterocycles. The molecule has 7 heteroatoms. The molecule has 2 heterocycles. The van der Waals surface area contributed by atoms with Crippen molar-refractivity contribution in [2.24, 2.45) is 0 Å². The molecule has 0 amide bonds. The van der Waals surface area contributed by atoms with Gasteiger partial charge in [0.15, 0.2) is 11.5 Å². The molecular formula is C21H24N4O3. The van der Waals surface area contributed by atoms with Gasteiger partial charge >= 0.3 is 6.01 Å². The van der Waals surface area contributed by atoms with Crippen LogP contribution in [0, 0.1) is 0 Å². The van der Waals surface area contributed by atoms with Gasteiger partial charge in [0.2, 0.25) is 5.82 Å². The molecule has 3 aromatic rings. The van der Waals surface area contributed by atoms with Gasteiger partial charge in [0.05, 0.1) is 19.8 Å². The van der Waals surface area contributed by atoms with Crippen molar-refractivity contribution in [3.05, 3.63) is 54.1 Å². The second-order valence-electron chi connectivity index (χ2n) is 6.69. The predicted molar refractivity (Wildman–Crippen MR) is 107 cm³/mol. The summed E-state index contributed by atoms with van der Waals surface area (Å²) in [6.45, 7) is 4.57. The maximum absolute atomic E-state index is 5.53. The number of rotatable bonds is 6. The minimum absolute atomic E-state index is 0.498. The van der Waals surface area contributed by atoms with Gasteiger partial charge in [-0.2, -0.15) is 4.98 Å². The Labute approximate surface area is 164 Å². The minimum atomic E-state index is 0.498. The van der Waals surface area contributed by atoms with Crippen molar-refractivity contribution in [2.75, 3.05) is 45.3 Å². The molecule has 1 aromatic heterocycles. The number of anilines is 1. The van der Waals surface area contributed by atoms with Crippen molar-refractivity contribution in [2.45, 2.75) is 6.54 Å². The Kier molecular flexibility index (Phi) is 5.43. The molecule has 1 aliphatic rings. The molecule has 0 aliphatic carbocycles. The molecule has 0 bridgehead atoms. The standard InChI is InChI=1S/C21H24N4O3/c1-26-18-10-6-9-17(19(18)27-2)20-22-21(28-23-20)25-13-11-24(12-14-25)15-16-7-4-3-5-8-16/h3-10H,11-15H2,1-2H3. The zero-order valence-electron chi connectivity index (χ0n) is 16.2. The summed E-state index contributed by atoms with van der Waals surface area (Å²) < 4.78 is 16.4. The molecule has 7 nitrogen and oxygen atoms in total. The Morgan fingerprint density at radius 1 is 0.929 bits per heavy atom. The monoisotopic (exact) mass is 380 g/mol. The Morgan fingerprint density at radius 2 is 1.71 bits per heavy atom. The maximum atomic E-state index is 5.53. The topological polar surface area (TPSA) is 63.9 Å². The molecule has 1 saturated heterocycles. The summed E-state index contributed by atoms with van der Waals surface area (Å²) in [6.07, 6.45) is 0. The zero-order chi connectivity index (χ0) is 19.3. The van der Waals surface area contributed by atoms with E-state index in [-0.39, 0.29) is 0 Å². The average molecular weight is 380 g/mol. The fourth-order valence-electron chi connectivity index (χ4n) is 3.46. The molecule has 2 aromatic carbocycles. The van der Waals surface area contributed by atoms with Gasteiger partial charge in [-0.05, 0) is 17.7 Å². The average Bonchev–Trinajstić information content (AvgIpc) is 3.24. The second-order valence-corrected chi connectivity index (χ2v) is 6.69. The van der Waals surface area contributed by atoms with E-state index in [0.717, 1.165) is 38.3 Å². The van der Waals surface area contributed by atoms with Crippen molar-refractivity contribution >= 4 is 6.01 Å². The molecule has 4 rings (SSSR count). The van der Waals surface area contributed by atoms with Crippen LogP contribution in [0.15, 0.2) is 53.1 Å². The van der Waals surface area contributed by atoms with Crippen molar-refractivity contribution < 1.29 is 14.0 Å². The first-order valence-corrected chi connectivity index (χ1v) is 9.35. The van der Waals surface area contributed by atoms with E-state index in [1.165, 1.54) is 5.56 Å². The molecule has 146 valence electrons. The molecule has 1 fully saturated rings. The van der Waals surface area contributed by atoms with Crippen LogP contribution in [0.4, 0.5) is 6.01 Å². The van der Waals surface area contributed by atoms with Gasteiger partial charge in [0.25, 0.3) is 0 Å². The number of benzene rings is 2. The Bertz CT molecular complexity index is 905. The predicted octanol–water partition coefficient (Wildman–Crippen LogP) is 3.08. The summed E-state index contributed by atoms with van der Waals surface area (Å²) in [5.41, 5.74) is 2.08. The van der Waals surface area contributed by atoms with E-state index in [9.17, 15) is 0 Å². The zero-order valence-corrected chi connectivity index (χ0v) is 16.2. The fourth-order valence-corrected chi connectivity index (χ4v) is 3.46. The second kappa shape index (κ2) is 8.31. The van der Waals surface area contributed by atoms with E-state index in [1.807, 2.05) is 24.3 Å². The Morgan fingerprint density at radius 3 is 2.43 bits per heavy atom. The quantitative estimate of drug-likeness (QED) is 0.651. The number of hydrogen-bond acceptors (Lipinski definition) is 7. The highest BCUT2D eigenvalue weighted by Gasteiger charge is 2.23. The van der Waals surface area contributed by atoms with Gasteiger partial charge in [-0.1, -0.05) is 41.6 Å². The number of hydrogen-bond donors (Lipinski definition) is 0. The van der Waals surface area contributed by atoms with Crippen LogP contribution >= 0.6 is 0 Å². The van der Waals surface area contributed by atoms with Crippen LogP contribution in [0.5, 0.6) is 11.5 Å². The maximum Gasteiger partial charge on any atom is 0.324 e. The van der Waals surface area contributed by atoms with E-state index in [2.05, 4.69) is 44.2 Å². The third-order valence-electron chi connectivity index (χ3n) is 4.95. The van der Waals surface area contributed by atoms with Crippen molar-refractivity contribution in [1.82, 2.24) is 15.0 Å². The molecule has 0 N–H and O–H groups in total. The fraction of sp³-hybridized carbons (Fsp3) is 0.333. The summed E-state index contributed by atoms with van der Waals surface area (Å²) in [6, 6.07) is 16.7. The van der Waals surface area contributed by atoms with Crippen LogP contribution in [-0.4, -0.2) is 55.4 Å². The number of methoxy groups -OCH3 is 2. The van der Waals surface area contributed by atoms with E-state index < -0.39 is 0 Å². The molecular weight excluding hydrogens is 356 g/mol. The number of ether oxygens (including phenoxy) is 2. The first-order valence-electron chi connectivity index (χ1n) is 9.35. The van der Waals surface area contributed by atoms with Crippen molar-refractivity contribution in [1.29, 1.82) is 0 Å². The van der Waals surface area contributed by atoms with Gasteiger partial charge in [-0.15, -0.1) is 0 Å². The Balaban J connectivity index is 1.43. The minimum Gasteiger partial charge on any atom is -0.493 e. The van der Waals surface area contributed by atoms with Crippen LogP contribution in [0.1, 0.15) is 5.56 Å². The normalized spacial score (nSPS) is 14.9. The molecule has 0 radical (unpaired) electrons. The SMILES string of the molecule is COc1cccc(-c2noc(N3CCN(Cc4ccccc4)CC3)n2)c1OC. The highest BCUT2D eigenvalue weighted by molar-refractivity contribution is 5.69. The molecule has 0 unspecified atom stereocenters. The van der Waals surface area contributed by atoms with E-state index >= 15 is 0 Å². The summed E-state index contributed by atoms with van der Waals surface area (Å²) >= 11 is 0. The Hall–Kier alpha value is -3.06. The summed E-state index contributed by atoms with van der Waals surface area (Å²) in [4.78, 5) is 9.16. The van der Waals surface area contributed by atoms with Gasteiger partial charge in [0, 0.05) is 32.7 Å². The van der Waals surface area contributed by atoms with Gasteiger partial charge in [0.1, 0.15) is 0 Å². The summed E-state index contributed by atoms with van der Waals surface area (Å²) in [7, 11) is 3.21. The van der Waals surface area contributed by atoms with E-state index in [0.29, 0.717) is 23.3 Å². The lowest BCUT2D eigenvalue weighted by Crippen LogP contribution is -2.46. The summed E-state index contributed by atoms with van der Waals surface area (Å²) in [5, 5.41) is 4.16. The number of piperazine rings is 1. The van der Waals surface area contributed by atoms with Crippen LogP contribution in [0.3, 0.4) is 0 Å². The molecule has 0 atom stereocenters. The largest absolute Gasteiger partial charge is 0.493 e. The van der Waals surface area contributed by atoms with Crippen molar-refractivity contribution in [3.63, 3.8) is 0 Å². The van der Waals surface area contributed by atoms with Crippen LogP contribution < -0.4 is 14.4 Å². The van der Waals surface area contributed by atoms with Crippen molar-refractivity contribution in [3.8, 4) is 22.9 Å². The first-order chi connectivity index (χ1) is 13.8. The lowest BCUT2D eigenvalue weighted by Gasteiger charge is -2.33. The van der Waals surface area contributed by atoms with Crippen LogP contribution in [-0.2, 0) is 6.54 Å². The molecule has 0 spiro atoms. The van der Waals surface area contributed by atoms with E-state index in [4.69, 9.17) is 14.0 Å². The van der Waals surface area contributed by atoms with Crippen LogP contribution in [0.2, 0.25) is 0 Å². The van der Waals surface area contributed by atoms with Gasteiger partial charge < -0.3 is 18.9 Å². The third-order valence-corrected chi connectivity index (χ3v) is 4.95. The third kappa shape index (κ3) is 3.80. The number of nitrogens with zero attached hydrogens (tertiary/aromatic N) is 4. The summed E-state index contributed by atoms with van der Waals surface area (Å²) in [5.74, 6) is 1.74. The van der Waals surface area contributed by atoms with Crippen LogP contribution in [0.25, 0.3) is 11.4 Å². The highest BCUT2D eigenvalue weighted by atomic mass is 16.5. The molecule has 0 saturated carbocycles. The first kappa shape index (κ1) is 18.3.